The maximum absolute atomic E-state index is 13.5. The number of aromatic nitrogens is 1. The van der Waals surface area contributed by atoms with Gasteiger partial charge in [0.05, 0.1) is 16.1 Å². The third-order valence-electron chi connectivity index (χ3n) is 2.99. The van der Waals surface area contributed by atoms with Crippen LogP contribution in [-0.4, -0.2) is 21.1 Å². The van der Waals surface area contributed by atoms with Gasteiger partial charge in [0.1, 0.15) is 0 Å². The standard InChI is InChI=1S/C13H24FNSi2/c1-10-8-11(15-12(14)9-10)13(16(2,3)4)17(5,6)7/h8-9,13H,1-7H3. The molecule has 0 atom stereocenters. The SMILES string of the molecule is Cc1cc(F)nc(C([Si](C)(C)C)[Si](C)(C)C)c1. The third kappa shape index (κ3) is 3.74. The van der Waals surface area contributed by atoms with Crippen molar-refractivity contribution in [1.29, 1.82) is 0 Å². The van der Waals surface area contributed by atoms with Crippen molar-refractivity contribution in [3.05, 3.63) is 29.3 Å². The second-order valence-corrected chi connectivity index (χ2v) is 18.3. The largest absolute Gasteiger partial charge is 0.225 e. The van der Waals surface area contributed by atoms with Crippen molar-refractivity contribution in [1.82, 2.24) is 4.98 Å². The zero-order valence-electron chi connectivity index (χ0n) is 12.1. The summed E-state index contributed by atoms with van der Waals surface area (Å²) in [6.45, 7) is 16.1. The highest BCUT2D eigenvalue weighted by atomic mass is 28.4. The molecule has 1 aromatic heterocycles. The highest BCUT2D eigenvalue weighted by Crippen LogP contribution is 2.35. The van der Waals surface area contributed by atoms with Crippen LogP contribution in [0.15, 0.2) is 12.1 Å². The Labute approximate surface area is 106 Å². The molecule has 96 valence electrons. The molecule has 0 N–H and O–H groups in total. The summed E-state index contributed by atoms with van der Waals surface area (Å²) in [4.78, 5) is 4.17. The van der Waals surface area contributed by atoms with Gasteiger partial charge in [-0.1, -0.05) is 39.3 Å². The van der Waals surface area contributed by atoms with Gasteiger partial charge in [0, 0.05) is 5.69 Å². The van der Waals surface area contributed by atoms with E-state index in [0.717, 1.165) is 11.3 Å². The number of aryl methyl sites for hydroxylation is 1. The number of hydrogen-bond acceptors (Lipinski definition) is 1. The maximum Gasteiger partial charge on any atom is 0.213 e. The molecule has 0 bridgehead atoms. The van der Waals surface area contributed by atoms with E-state index in [1.807, 2.05) is 6.92 Å². The van der Waals surface area contributed by atoms with E-state index in [9.17, 15) is 4.39 Å². The molecule has 0 spiro atoms. The van der Waals surface area contributed by atoms with Gasteiger partial charge in [-0.2, -0.15) is 4.39 Å². The highest BCUT2D eigenvalue weighted by molar-refractivity contribution is 6.96. The average molecular weight is 270 g/mol. The van der Waals surface area contributed by atoms with Crippen LogP contribution >= 0.6 is 0 Å². The second-order valence-electron chi connectivity index (χ2n) is 7.06. The van der Waals surface area contributed by atoms with Crippen molar-refractivity contribution in [3.8, 4) is 0 Å². The van der Waals surface area contributed by atoms with Crippen LogP contribution in [-0.2, 0) is 0 Å². The molecular formula is C13H24FNSi2. The van der Waals surface area contributed by atoms with Crippen LogP contribution in [0.5, 0.6) is 0 Å². The summed E-state index contributed by atoms with van der Waals surface area (Å²) >= 11 is 0. The molecule has 1 heterocycles. The van der Waals surface area contributed by atoms with E-state index in [2.05, 4.69) is 50.3 Å². The minimum absolute atomic E-state index is 0.332. The number of nitrogens with zero attached hydrogens (tertiary/aromatic N) is 1. The molecule has 1 rings (SSSR count). The van der Waals surface area contributed by atoms with Crippen molar-refractivity contribution in [2.75, 3.05) is 0 Å². The highest BCUT2D eigenvalue weighted by Gasteiger charge is 2.39. The predicted molar refractivity (Wildman–Crippen MR) is 78.4 cm³/mol. The van der Waals surface area contributed by atoms with E-state index >= 15 is 0 Å². The first-order valence-electron chi connectivity index (χ1n) is 6.16. The lowest BCUT2D eigenvalue weighted by atomic mass is 10.2. The molecule has 1 aromatic rings. The number of rotatable bonds is 3. The first-order valence-corrected chi connectivity index (χ1v) is 13.3. The Balaban J connectivity index is 3.33. The van der Waals surface area contributed by atoms with Crippen LogP contribution in [0, 0.1) is 12.9 Å². The van der Waals surface area contributed by atoms with E-state index in [-0.39, 0.29) is 5.95 Å². The summed E-state index contributed by atoms with van der Waals surface area (Å²) in [5.41, 5.74) is 1.97. The predicted octanol–water partition coefficient (Wildman–Crippen LogP) is 4.37. The van der Waals surface area contributed by atoms with Crippen molar-refractivity contribution < 1.29 is 4.39 Å². The van der Waals surface area contributed by atoms with Crippen LogP contribution in [0.1, 0.15) is 16.4 Å². The van der Waals surface area contributed by atoms with Crippen LogP contribution in [0.3, 0.4) is 0 Å². The lowest BCUT2D eigenvalue weighted by Gasteiger charge is -2.38. The number of pyridine rings is 1. The normalized spacial score (nSPS) is 13.2. The molecule has 0 aliphatic carbocycles. The van der Waals surface area contributed by atoms with E-state index in [1.54, 1.807) is 0 Å². The molecule has 1 nitrogen and oxygen atoms in total. The Bertz CT molecular complexity index is 371. The molecule has 0 saturated heterocycles. The molecule has 0 saturated carbocycles. The zero-order chi connectivity index (χ0) is 13.4. The minimum atomic E-state index is -1.38. The van der Waals surface area contributed by atoms with Gasteiger partial charge in [0.2, 0.25) is 5.95 Å². The Morgan fingerprint density at radius 3 is 1.82 bits per heavy atom. The fourth-order valence-electron chi connectivity index (χ4n) is 2.98. The molecule has 0 aliphatic rings. The van der Waals surface area contributed by atoms with Gasteiger partial charge in [-0.25, -0.2) is 4.98 Å². The summed E-state index contributed by atoms with van der Waals surface area (Å²) in [5.74, 6) is -0.332. The molecular weight excluding hydrogens is 245 g/mol. The Morgan fingerprint density at radius 2 is 1.47 bits per heavy atom. The maximum atomic E-state index is 13.5. The van der Waals surface area contributed by atoms with Crippen molar-refractivity contribution >= 4 is 16.1 Å². The van der Waals surface area contributed by atoms with Gasteiger partial charge in [-0.15, -0.1) is 0 Å². The molecule has 0 fully saturated rings. The van der Waals surface area contributed by atoms with Gasteiger partial charge in [-0.3, -0.25) is 0 Å². The molecule has 0 aliphatic heterocycles. The zero-order valence-corrected chi connectivity index (χ0v) is 14.1. The monoisotopic (exact) mass is 269 g/mol. The molecule has 4 heteroatoms. The van der Waals surface area contributed by atoms with Gasteiger partial charge >= 0.3 is 0 Å². The molecule has 0 aromatic carbocycles. The van der Waals surface area contributed by atoms with Crippen LogP contribution in [0.2, 0.25) is 39.3 Å². The van der Waals surface area contributed by atoms with E-state index in [0.29, 0.717) is 5.16 Å². The van der Waals surface area contributed by atoms with Crippen LogP contribution in [0.4, 0.5) is 4.39 Å². The average Bonchev–Trinajstić information content (AvgIpc) is 1.93. The van der Waals surface area contributed by atoms with Gasteiger partial charge in [-0.05, 0) is 29.8 Å². The molecule has 0 radical (unpaired) electrons. The van der Waals surface area contributed by atoms with Crippen molar-refractivity contribution in [2.45, 2.75) is 51.4 Å². The quantitative estimate of drug-likeness (QED) is 0.586. The molecule has 0 unspecified atom stereocenters. The van der Waals surface area contributed by atoms with E-state index < -0.39 is 16.1 Å². The van der Waals surface area contributed by atoms with E-state index in [4.69, 9.17) is 0 Å². The smallest absolute Gasteiger partial charge is 0.213 e. The first-order chi connectivity index (χ1) is 7.51. The van der Waals surface area contributed by atoms with Crippen LogP contribution in [0.25, 0.3) is 0 Å². The topological polar surface area (TPSA) is 12.9 Å². The molecule has 0 amide bonds. The summed E-state index contributed by atoms with van der Waals surface area (Å²) in [7, 11) is -2.75. The summed E-state index contributed by atoms with van der Waals surface area (Å²) in [6, 6.07) is 3.58. The second kappa shape index (κ2) is 4.65. The lowest BCUT2D eigenvalue weighted by Crippen LogP contribution is -2.47. The fourth-order valence-corrected chi connectivity index (χ4v) is 15.4. The Morgan fingerprint density at radius 1 is 1.00 bits per heavy atom. The number of hydrogen-bond donors (Lipinski definition) is 0. The summed E-state index contributed by atoms with van der Waals surface area (Å²) in [5, 5.41) is 0.504. The van der Waals surface area contributed by atoms with Crippen LogP contribution < -0.4 is 0 Å². The Hall–Kier alpha value is -0.486. The Kier molecular flexibility index (Phi) is 3.99. The third-order valence-corrected chi connectivity index (χ3v) is 12.2. The van der Waals surface area contributed by atoms with Gasteiger partial charge < -0.3 is 0 Å². The first kappa shape index (κ1) is 14.6. The van der Waals surface area contributed by atoms with Gasteiger partial charge in [0.15, 0.2) is 0 Å². The molecule has 17 heavy (non-hydrogen) atoms. The summed E-state index contributed by atoms with van der Waals surface area (Å²) < 4.78 is 13.5. The minimum Gasteiger partial charge on any atom is -0.225 e. The van der Waals surface area contributed by atoms with E-state index in [1.165, 1.54) is 6.07 Å². The van der Waals surface area contributed by atoms with Crippen molar-refractivity contribution in [3.63, 3.8) is 0 Å². The number of halogens is 1. The lowest BCUT2D eigenvalue weighted by molar-refractivity contribution is 0.577. The fraction of sp³-hybridized carbons (Fsp3) is 0.615. The van der Waals surface area contributed by atoms with Gasteiger partial charge in [0.25, 0.3) is 0 Å². The summed E-state index contributed by atoms with van der Waals surface area (Å²) in [6.07, 6.45) is 0. The van der Waals surface area contributed by atoms with Crippen molar-refractivity contribution in [2.24, 2.45) is 0 Å².